The van der Waals surface area contributed by atoms with Crippen molar-refractivity contribution < 1.29 is 13.7 Å². The second-order valence-electron chi connectivity index (χ2n) is 8.90. The first-order valence-corrected chi connectivity index (χ1v) is 12.7. The molecule has 0 saturated heterocycles. The van der Waals surface area contributed by atoms with Crippen LogP contribution in [0.2, 0.25) is 10.0 Å². The number of hydrogen-bond acceptors (Lipinski definition) is 4. The van der Waals surface area contributed by atoms with Gasteiger partial charge in [0.1, 0.15) is 0 Å². The lowest BCUT2D eigenvalue weighted by atomic mass is 10.0. The number of anilines is 1. The van der Waals surface area contributed by atoms with E-state index in [2.05, 4.69) is 16.7 Å². The number of carbonyl (C=O) groups excluding carboxylic acids is 1. The molecule has 0 N–H and O–H groups in total. The quantitative estimate of drug-likeness (QED) is 0.229. The molecule has 1 aromatic heterocycles. The summed E-state index contributed by atoms with van der Waals surface area (Å²) in [5.41, 5.74) is 2.50. The van der Waals surface area contributed by atoms with Gasteiger partial charge in [-0.15, -0.1) is 0 Å². The Morgan fingerprint density at radius 1 is 1.06 bits per heavy atom. The molecule has 1 aliphatic carbocycles. The van der Waals surface area contributed by atoms with E-state index in [0.717, 1.165) is 61.2 Å². The average Bonchev–Trinajstić information content (AvgIpc) is 3.57. The minimum absolute atomic E-state index is 0.0133. The molecule has 0 atom stereocenters. The first-order valence-electron chi connectivity index (χ1n) is 11.9. The number of allylic oxidation sites excluding steroid dienone is 1. The molecule has 0 radical (unpaired) electrons. The zero-order valence-corrected chi connectivity index (χ0v) is 21.0. The molecule has 1 fully saturated rings. The van der Waals surface area contributed by atoms with Crippen LogP contribution in [0.5, 0.6) is 0 Å². The average molecular weight is 516 g/mol. The largest absolute Gasteiger partial charge is 0.339 e. The van der Waals surface area contributed by atoms with E-state index in [1.165, 1.54) is 0 Å². The molecule has 1 heterocycles. The predicted octanol–water partition coefficient (Wildman–Crippen LogP) is 7.93. The maximum absolute atomic E-state index is 13.2. The van der Waals surface area contributed by atoms with Gasteiger partial charge >= 0.3 is 0 Å². The maximum atomic E-state index is 13.2. The number of aryl methyl sites for hydroxylation is 1. The molecule has 1 amide bonds. The Bertz CT molecular complexity index is 1170. The Balaban J connectivity index is 1.40. The molecular formula is C27H28Cl2FN3O2. The molecule has 2 aromatic carbocycles. The van der Waals surface area contributed by atoms with Crippen molar-refractivity contribution in [3.63, 3.8) is 0 Å². The normalized spacial score (nSPS) is 13.1. The van der Waals surface area contributed by atoms with Crippen molar-refractivity contribution in [3.8, 4) is 11.1 Å². The van der Waals surface area contributed by atoms with Crippen LogP contribution >= 0.6 is 23.2 Å². The summed E-state index contributed by atoms with van der Waals surface area (Å²) in [4.78, 5) is 19.2. The van der Waals surface area contributed by atoms with Crippen LogP contribution in [0.25, 0.3) is 11.1 Å². The standard InChI is InChI=1S/C27H28Cl2FN3O2/c1-18(30)9-12-26(34)33(13-4-2-3-8-25-31-27(32-35-25)19-10-11-19)24-7-5-6-20(16-24)21-14-22(28)17-23(29)15-21/h5-7,14-17,19H,1-4,8-13H2. The molecule has 0 unspecified atom stereocenters. The van der Waals surface area contributed by atoms with Gasteiger partial charge in [0.25, 0.3) is 0 Å². The van der Waals surface area contributed by atoms with Gasteiger partial charge < -0.3 is 9.42 Å². The van der Waals surface area contributed by atoms with Crippen LogP contribution in [0.3, 0.4) is 0 Å². The molecule has 184 valence electrons. The summed E-state index contributed by atoms with van der Waals surface area (Å²) in [6.07, 6.45) is 5.66. The van der Waals surface area contributed by atoms with E-state index in [4.69, 9.17) is 27.7 Å². The van der Waals surface area contributed by atoms with Gasteiger partial charge in [-0.25, -0.2) is 4.39 Å². The third-order valence-corrected chi connectivity index (χ3v) is 6.40. The minimum Gasteiger partial charge on any atom is -0.339 e. The summed E-state index contributed by atoms with van der Waals surface area (Å²) in [7, 11) is 0. The molecule has 1 aliphatic rings. The molecule has 35 heavy (non-hydrogen) atoms. The van der Waals surface area contributed by atoms with Crippen molar-refractivity contribution in [3.05, 3.63) is 76.6 Å². The van der Waals surface area contributed by atoms with E-state index >= 15 is 0 Å². The number of nitrogens with zero attached hydrogens (tertiary/aromatic N) is 3. The third kappa shape index (κ3) is 7.39. The van der Waals surface area contributed by atoms with Gasteiger partial charge in [-0.3, -0.25) is 4.79 Å². The van der Waals surface area contributed by atoms with Crippen LogP contribution in [0.1, 0.15) is 62.6 Å². The molecule has 8 heteroatoms. The van der Waals surface area contributed by atoms with Crippen LogP contribution in [-0.2, 0) is 11.2 Å². The molecule has 5 nitrogen and oxygen atoms in total. The van der Waals surface area contributed by atoms with Crippen LogP contribution in [0.4, 0.5) is 10.1 Å². The van der Waals surface area contributed by atoms with Crippen molar-refractivity contribution in [2.75, 3.05) is 11.4 Å². The van der Waals surface area contributed by atoms with Gasteiger partial charge in [0, 0.05) is 47.5 Å². The van der Waals surface area contributed by atoms with Crippen LogP contribution in [0.15, 0.2) is 59.4 Å². The monoisotopic (exact) mass is 515 g/mol. The molecular weight excluding hydrogens is 488 g/mol. The number of amides is 1. The SMILES string of the molecule is C=C(F)CCC(=O)N(CCCCCc1nc(C2CC2)no1)c1cccc(-c2cc(Cl)cc(Cl)c2)c1. The predicted molar refractivity (Wildman–Crippen MR) is 138 cm³/mol. The molecule has 1 saturated carbocycles. The fourth-order valence-corrected chi connectivity index (χ4v) is 4.48. The van der Waals surface area contributed by atoms with Crippen molar-refractivity contribution in [1.29, 1.82) is 0 Å². The van der Waals surface area contributed by atoms with Gasteiger partial charge in [-0.05, 0) is 67.1 Å². The summed E-state index contributed by atoms with van der Waals surface area (Å²) in [5.74, 6) is 1.34. The number of halogens is 3. The Morgan fingerprint density at radius 2 is 1.83 bits per heavy atom. The van der Waals surface area contributed by atoms with Crippen molar-refractivity contribution in [1.82, 2.24) is 10.1 Å². The molecule has 0 spiro atoms. The van der Waals surface area contributed by atoms with E-state index < -0.39 is 5.83 Å². The zero-order chi connectivity index (χ0) is 24.8. The fourth-order valence-electron chi connectivity index (χ4n) is 3.95. The first-order chi connectivity index (χ1) is 16.9. The molecule has 0 bridgehead atoms. The third-order valence-electron chi connectivity index (χ3n) is 5.96. The van der Waals surface area contributed by atoms with Gasteiger partial charge in [-0.2, -0.15) is 4.98 Å². The van der Waals surface area contributed by atoms with E-state index in [0.29, 0.717) is 28.4 Å². The lowest BCUT2D eigenvalue weighted by Gasteiger charge is -2.24. The number of unbranched alkanes of at least 4 members (excludes halogenated alkanes) is 2. The second-order valence-corrected chi connectivity index (χ2v) is 9.78. The van der Waals surface area contributed by atoms with E-state index in [-0.39, 0.29) is 18.7 Å². The summed E-state index contributed by atoms with van der Waals surface area (Å²) in [5, 5.41) is 5.13. The second kappa shape index (κ2) is 11.8. The van der Waals surface area contributed by atoms with E-state index in [1.807, 2.05) is 36.4 Å². The van der Waals surface area contributed by atoms with Gasteiger partial charge in [0.05, 0.1) is 5.83 Å². The lowest BCUT2D eigenvalue weighted by molar-refractivity contribution is -0.118. The molecule has 0 aliphatic heterocycles. The van der Waals surface area contributed by atoms with Crippen molar-refractivity contribution >= 4 is 34.8 Å². The van der Waals surface area contributed by atoms with Gasteiger partial charge in [0.15, 0.2) is 5.82 Å². The van der Waals surface area contributed by atoms with Crippen LogP contribution in [-0.4, -0.2) is 22.6 Å². The van der Waals surface area contributed by atoms with Crippen molar-refractivity contribution in [2.24, 2.45) is 0 Å². The Labute approximate surface area is 214 Å². The lowest BCUT2D eigenvalue weighted by Crippen LogP contribution is -2.31. The summed E-state index contributed by atoms with van der Waals surface area (Å²) >= 11 is 12.4. The minimum atomic E-state index is -0.495. The Kier molecular flexibility index (Phi) is 8.58. The molecule has 3 aromatic rings. The zero-order valence-electron chi connectivity index (χ0n) is 19.5. The smallest absolute Gasteiger partial charge is 0.227 e. The summed E-state index contributed by atoms with van der Waals surface area (Å²) in [6, 6.07) is 13.0. The summed E-state index contributed by atoms with van der Waals surface area (Å²) in [6.45, 7) is 3.80. The highest BCUT2D eigenvalue weighted by molar-refractivity contribution is 6.35. The Morgan fingerprint density at radius 3 is 2.54 bits per heavy atom. The van der Waals surface area contributed by atoms with E-state index in [9.17, 15) is 9.18 Å². The van der Waals surface area contributed by atoms with E-state index in [1.54, 1.807) is 11.0 Å². The first kappa shape index (κ1) is 25.4. The highest BCUT2D eigenvalue weighted by atomic mass is 35.5. The number of carbonyl (C=O) groups is 1. The Hall–Kier alpha value is -2.70. The summed E-state index contributed by atoms with van der Waals surface area (Å²) < 4.78 is 18.6. The highest BCUT2D eigenvalue weighted by Crippen LogP contribution is 2.38. The number of rotatable bonds is 12. The number of hydrogen-bond donors (Lipinski definition) is 0. The number of aromatic nitrogens is 2. The topological polar surface area (TPSA) is 59.2 Å². The fraction of sp³-hybridized carbons (Fsp3) is 0.370. The maximum Gasteiger partial charge on any atom is 0.227 e. The number of benzene rings is 2. The van der Waals surface area contributed by atoms with Crippen LogP contribution in [0, 0.1) is 0 Å². The van der Waals surface area contributed by atoms with Gasteiger partial charge in [0.2, 0.25) is 11.8 Å². The van der Waals surface area contributed by atoms with Gasteiger partial charge in [-0.1, -0.05) is 53.5 Å². The molecule has 4 rings (SSSR count). The highest BCUT2D eigenvalue weighted by Gasteiger charge is 2.28. The van der Waals surface area contributed by atoms with Crippen LogP contribution < -0.4 is 4.90 Å². The van der Waals surface area contributed by atoms with Crippen molar-refractivity contribution in [2.45, 2.75) is 57.3 Å².